The highest BCUT2D eigenvalue weighted by atomic mass is 16.3. The number of benzene rings is 6. The number of furan rings is 1. The van der Waals surface area contributed by atoms with Gasteiger partial charge in [0.2, 0.25) is 0 Å². The Morgan fingerprint density at radius 2 is 1.07 bits per heavy atom. The van der Waals surface area contributed by atoms with Crippen LogP contribution in [0.4, 0.5) is 0 Å². The number of nitrogens with zero attached hydrogens (tertiary/aromatic N) is 3. The molecule has 9 rings (SSSR count). The maximum atomic E-state index is 6.42. The molecule has 9 aromatic rings. The molecule has 206 valence electrons. The highest BCUT2D eigenvalue weighted by Crippen LogP contribution is 2.37. The van der Waals surface area contributed by atoms with Gasteiger partial charge in [0, 0.05) is 43.9 Å². The average Bonchev–Trinajstić information content (AvgIpc) is 3.65. The lowest BCUT2D eigenvalue weighted by atomic mass is 10.0. The molecule has 0 aliphatic heterocycles. The van der Waals surface area contributed by atoms with Crippen molar-refractivity contribution in [2.75, 3.05) is 0 Å². The Bertz CT molecular complexity index is 2450. The van der Waals surface area contributed by atoms with Crippen LogP contribution in [-0.2, 0) is 0 Å². The minimum atomic E-state index is 0.664. The molecule has 4 heteroatoms. The van der Waals surface area contributed by atoms with E-state index >= 15 is 0 Å². The molecule has 0 radical (unpaired) electrons. The fourth-order valence-corrected chi connectivity index (χ4v) is 6.40. The highest BCUT2D eigenvalue weighted by molar-refractivity contribution is 6.10. The molecule has 3 heterocycles. The van der Waals surface area contributed by atoms with Gasteiger partial charge < -0.3 is 8.98 Å². The second kappa shape index (κ2) is 9.79. The quantitative estimate of drug-likeness (QED) is 0.214. The van der Waals surface area contributed by atoms with Crippen molar-refractivity contribution < 1.29 is 4.42 Å². The van der Waals surface area contributed by atoms with Gasteiger partial charge in [-0.3, -0.25) is 0 Å². The van der Waals surface area contributed by atoms with Crippen molar-refractivity contribution in [3.8, 4) is 39.6 Å². The number of para-hydroxylation sites is 4. The Morgan fingerprint density at radius 3 is 1.86 bits per heavy atom. The van der Waals surface area contributed by atoms with Crippen molar-refractivity contribution in [1.29, 1.82) is 0 Å². The first-order chi connectivity index (χ1) is 21.8. The van der Waals surface area contributed by atoms with Crippen molar-refractivity contribution in [2.24, 2.45) is 0 Å². The molecule has 6 aromatic carbocycles. The zero-order valence-electron chi connectivity index (χ0n) is 23.7. The van der Waals surface area contributed by atoms with Crippen LogP contribution in [0.3, 0.4) is 0 Å². The summed E-state index contributed by atoms with van der Waals surface area (Å²) < 4.78 is 8.74. The van der Waals surface area contributed by atoms with Crippen LogP contribution in [0, 0.1) is 0 Å². The molecular formula is C40H25N3O. The van der Waals surface area contributed by atoms with E-state index in [0.29, 0.717) is 5.82 Å². The predicted octanol–water partition coefficient (Wildman–Crippen LogP) is 10.5. The number of fused-ring (bicyclic) bond motifs is 6. The second-order valence-corrected chi connectivity index (χ2v) is 11.0. The van der Waals surface area contributed by atoms with Gasteiger partial charge in [-0.15, -0.1) is 0 Å². The average molecular weight is 564 g/mol. The second-order valence-electron chi connectivity index (χ2n) is 11.0. The van der Waals surface area contributed by atoms with Crippen LogP contribution in [0.2, 0.25) is 0 Å². The van der Waals surface area contributed by atoms with Gasteiger partial charge in [-0.1, -0.05) is 109 Å². The van der Waals surface area contributed by atoms with E-state index in [2.05, 4.69) is 120 Å². The van der Waals surface area contributed by atoms with Crippen molar-refractivity contribution in [3.05, 3.63) is 152 Å². The van der Waals surface area contributed by atoms with Crippen molar-refractivity contribution in [1.82, 2.24) is 14.5 Å². The molecule has 0 atom stereocenters. The molecular weight excluding hydrogens is 538 g/mol. The van der Waals surface area contributed by atoms with Gasteiger partial charge in [0.15, 0.2) is 5.82 Å². The smallest absolute Gasteiger partial charge is 0.160 e. The largest absolute Gasteiger partial charge is 0.455 e. The topological polar surface area (TPSA) is 43.9 Å². The lowest BCUT2D eigenvalue weighted by molar-refractivity contribution is 0.670. The third-order valence-corrected chi connectivity index (χ3v) is 8.42. The van der Waals surface area contributed by atoms with E-state index in [4.69, 9.17) is 14.4 Å². The summed E-state index contributed by atoms with van der Waals surface area (Å²) >= 11 is 0. The number of hydrogen-bond acceptors (Lipinski definition) is 3. The van der Waals surface area contributed by atoms with E-state index in [1.165, 1.54) is 21.8 Å². The third-order valence-electron chi connectivity index (χ3n) is 8.42. The van der Waals surface area contributed by atoms with E-state index in [1.54, 1.807) is 0 Å². The van der Waals surface area contributed by atoms with Gasteiger partial charge in [-0.25, -0.2) is 9.97 Å². The molecule has 0 amide bonds. The molecule has 0 N–H and O–H groups in total. The molecule has 0 saturated carbocycles. The standard InChI is InChI=1S/C40H25N3O/c1-2-12-26(13-3-1)34-25-35(33-20-11-19-32-31-18-6-9-23-38(31)44-39(32)33)42-40(41-34)27-14-10-15-28(24-27)43-36-21-7-4-16-29(36)30-17-5-8-22-37(30)43/h1-25H. The summed E-state index contributed by atoms with van der Waals surface area (Å²) in [7, 11) is 0. The highest BCUT2D eigenvalue weighted by Gasteiger charge is 2.17. The molecule has 0 bridgehead atoms. The Labute approximate surface area is 253 Å². The van der Waals surface area contributed by atoms with Gasteiger partial charge in [-0.05, 0) is 42.5 Å². The van der Waals surface area contributed by atoms with Gasteiger partial charge in [-0.2, -0.15) is 0 Å². The molecule has 4 nitrogen and oxygen atoms in total. The Morgan fingerprint density at radius 1 is 0.455 bits per heavy atom. The summed E-state index contributed by atoms with van der Waals surface area (Å²) in [6.07, 6.45) is 0. The van der Waals surface area contributed by atoms with Crippen molar-refractivity contribution in [3.63, 3.8) is 0 Å². The molecule has 0 aliphatic rings. The first-order valence-corrected chi connectivity index (χ1v) is 14.8. The number of rotatable bonds is 4. The Hall–Kier alpha value is -6.00. The summed E-state index contributed by atoms with van der Waals surface area (Å²) in [5, 5.41) is 4.64. The summed E-state index contributed by atoms with van der Waals surface area (Å²) in [5.41, 5.74) is 9.70. The van der Waals surface area contributed by atoms with Crippen LogP contribution < -0.4 is 0 Å². The summed E-state index contributed by atoms with van der Waals surface area (Å²) in [6, 6.07) is 52.4. The van der Waals surface area contributed by atoms with E-state index in [-0.39, 0.29) is 0 Å². The van der Waals surface area contributed by atoms with E-state index < -0.39 is 0 Å². The summed E-state index contributed by atoms with van der Waals surface area (Å²) in [5.74, 6) is 0.664. The summed E-state index contributed by atoms with van der Waals surface area (Å²) in [6.45, 7) is 0. The maximum Gasteiger partial charge on any atom is 0.160 e. The predicted molar refractivity (Wildman–Crippen MR) is 180 cm³/mol. The zero-order chi connectivity index (χ0) is 29.0. The van der Waals surface area contributed by atoms with Gasteiger partial charge in [0.1, 0.15) is 11.2 Å². The molecule has 0 fully saturated rings. The zero-order valence-corrected chi connectivity index (χ0v) is 23.7. The van der Waals surface area contributed by atoms with Crippen LogP contribution in [0.15, 0.2) is 156 Å². The first kappa shape index (κ1) is 24.6. The molecule has 0 spiro atoms. The summed E-state index contributed by atoms with van der Waals surface area (Å²) in [4.78, 5) is 10.3. The minimum absolute atomic E-state index is 0.664. The Balaban J connectivity index is 1.27. The van der Waals surface area contributed by atoms with Crippen LogP contribution in [-0.4, -0.2) is 14.5 Å². The van der Waals surface area contributed by atoms with Crippen LogP contribution >= 0.6 is 0 Å². The van der Waals surface area contributed by atoms with Gasteiger partial charge in [0.05, 0.1) is 22.4 Å². The molecule has 0 unspecified atom stereocenters. The van der Waals surface area contributed by atoms with Gasteiger partial charge >= 0.3 is 0 Å². The molecule has 3 aromatic heterocycles. The normalized spacial score (nSPS) is 11.6. The lowest BCUT2D eigenvalue weighted by Crippen LogP contribution is -1.98. The van der Waals surface area contributed by atoms with E-state index in [0.717, 1.165) is 55.7 Å². The van der Waals surface area contributed by atoms with Crippen LogP contribution in [0.5, 0.6) is 0 Å². The monoisotopic (exact) mass is 563 g/mol. The van der Waals surface area contributed by atoms with Crippen LogP contribution in [0.25, 0.3) is 83.3 Å². The minimum Gasteiger partial charge on any atom is -0.455 e. The molecule has 44 heavy (non-hydrogen) atoms. The fourth-order valence-electron chi connectivity index (χ4n) is 6.40. The number of aromatic nitrogens is 3. The lowest BCUT2D eigenvalue weighted by Gasteiger charge is -2.12. The number of hydrogen-bond donors (Lipinski definition) is 0. The van der Waals surface area contributed by atoms with Gasteiger partial charge in [0.25, 0.3) is 0 Å². The molecule has 0 saturated heterocycles. The molecule has 0 aliphatic carbocycles. The van der Waals surface area contributed by atoms with Crippen LogP contribution in [0.1, 0.15) is 0 Å². The SMILES string of the molecule is c1ccc(-c2cc(-c3cccc4c3oc3ccccc34)nc(-c3cccc(-n4c5ccccc5c5ccccc54)c3)n2)cc1. The van der Waals surface area contributed by atoms with E-state index in [9.17, 15) is 0 Å². The van der Waals surface area contributed by atoms with Crippen molar-refractivity contribution in [2.45, 2.75) is 0 Å². The fraction of sp³-hybridized carbons (Fsp3) is 0. The van der Waals surface area contributed by atoms with Crippen molar-refractivity contribution >= 4 is 43.7 Å². The van der Waals surface area contributed by atoms with E-state index in [1.807, 2.05) is 36.4 Å². The Kier molecular flexibility index (Phi) is 5.47. The maximum absolute atomic E-state index is 6.42. The third kappa shape index (κ3) is 3.85. The first-order valence-electron chi connectivity index (χ1n) is 14.8.